The molecule has 1 saturated heterocycles. The molecule has 0 saturated carbocycles. The van der Waals surface area contributed by atoms with Crippen molar-refractivity contribution in [3.05, 3.63) is 0 Å². The lowest BCUT2D eigenvalue weighted by Crippen LogP contribution is -2.47. The Morgan fingerprint density at radius 1 is 1.39 bits per heavy atom. The average Bonchev–Trinajstić information content (AvgIpc) is 2.13. The summed E-state index contributed by atoms with van der Waals surface area (Å²) in [5.74, 6) is -0.603. The first-order chi connectivity index (χ1) is 8.19. The Kier molecular flexibility index (Phi) is 4.59. The highest BCUT2D eigenvalue weighted by Crippen LogP contribution is 2.26. The SMILES string of the molecule is C[C@H]1CC(CC(=O)O)CCN1C(=O)OC(C)(C)C. The van der Waals surface area contributed by atoms with Crippen molar-refractivity contribution in [3.63, 3.8) is 0 Å². The Balaban J connectivity index is 2.52. The van der Waals surface area contributed by atoms with Crippen LogP contribution >= 0.6 is 0 Å². The third-order valence-corrected chi connectivity index (χ3v) is 3.08. The van der Waals surface area contributed by atoms with E-state index in [0.717, 1.165) is 12.8 Å². The Morgan fingerprint density at radius 3 is 2.44 bits per heavy atom. The first-order valence-electron chi connectivity index (χ1n) is 6.40. The average molecular weight is 257 g/mol. The van der Waals surface area contributed by atoms with Crippen LogP contribution in [0.3, 0.4) is 0 Å². The highest BCUT2D eigenvalue weighted by molar-refractivity contribution is 5.69. The predicted molar refractivity (Wildman–Crippen MR) is 67.4 cm³/mol. The number of carbonyl (C=O) groups excluding carboxylic acids is 1. The Labute approximate surface area is 108 Å². The van der Waals surface area contributed by atoms with Gasteiger partial charge in [-0.05, 0) is 46.5 Å². The number of carboxylic acid groups (broad SMARTS) is 1. The van der Waals surface area contributed by atoms with Crippen molar-refractivity contribution in [2.45, 2.75) is 58.6 Å². The van der Waals surface area contributed by atoms with E-state index in [9.17, 15) is 9.59 Å². The second kappa shape index (κ2) is 5.59. The van der Waals surface area contributed by atoms with Crippen molar-refractivity contribution in [3.8, 4) is 0 Å². The number of amides is 1. The fourth-order valence-corrected chi connectivity index (χ4v) is 2.29. The minimum absolute atomic E-state index is 0.0398. The van der Waals surface area contributed by atoms with Gasteiger partial charge in [-0.25, -0.2) is 4.79 Å². The van der Waals surface area contributed by atoms with E-state index in [1.807, 2.05) is 27.7 Å². The first kappa shape index (κ1) is 14.8. The van der Waals surface area contributed by atoms with Crippen LogP contribution in [-0.4, -0.2) is 40.3 Å². The minimum Gasteiger partial charge on any atom is -0.481 e. The molecule has 1 aliphatic heterocycles. The number of carboxylic acids is 1. The molecule has 0 aromatic carbocycles. The predicted octanol–water partition coefficient (Wildman–Crippen LogP) is 2.50. The van der Waals surface area contributed by atoms with Crippen LogP contribution < -0.4 is 0 Å². The molecule has 0 radical (unpaired) electrons. The van der Waals surface area contributed by atoms with Gasteiger partial charge in [0.05, 0.1) is 0 Å². The van der Waals surface area contributed by atoms with Gasteiger partial charge in [0, 0.05) is 19.0 Å². The molecule has 0 aromatic rings. The second-order valence-corrected chi connectivity index (χ2v) is 6.01. The monoisotopic (exact) mass is 257 g/mol. The van der Waals surface area contributed by atoms with Crippen LogP contribution in [0.1, 0.15) is 47.0 Å². The number of hydrogen-bond donors (Lipinski definition) is 1. The molecule has 1 heterocycles. The fraction of sp³-hybridized carbons (Fsp3) is 0.846. The summed E-state index contributed by atoms with van der Waals surface area (Å²) in [6, 6.07) is 0.0398. The number of rotatable bonds is 2. The molecule has 1 unspecified atom stereocenters. The van der Waals surface area contributed by atoms with E-state index in [2.05, 4.69) is 0 Å². The highest BCUT2D eigenvalue weighted by atomic mass is 16.6. The molecule has 2 atom stereocenters. The van der Waals surface area contributed by atoms with Gasteiger partial charge in [-0.3, -0.25) is 4.79 Å². The Morgan fingerprint density at radius 2 is 2.00 bits per heavy atom. The van der Waals surface area contributed by atoms with Gasteiger partial charge in [-0.1, -0.05) is 0 Å². The normalized spacial score (nSPS) is 24.8. The van der Waals surface area contributed by atoms with E-state index >= 15 is 0 Å². The summed E-state index contributed by atoms with van der Waals surface area (Å²) in [5, 5.41) is 8.77. The zero-order valence-electron chi connectivity index (χ0n) is 11.6. The lowest BCUT2D eigenvalue weighted by atomic mass is 9.89. The molecule has 1 N–H and O–H groups in total. The maximum atomic E-state index is 11.9. The number of ether oxygens (including phenoxy) is 1. The molecule has 18 heavy (non-hydrogen) atoms. The maximum absolute atomic E-state index is 11.9. The van der Waals surface area contributed by atoms with Gasteiger partial charge < -0.3 is 14.7 Å². The molecule has 1 aliphatic rings. The third-order valence-electron chi connectivity index (χ3n) is 3.08. The van der Waals surface area contributed by atoms with Gasteiger partial charge in [0.2, 0.25) is 0 Å². The molecule has 1 rings (SSSR count). The molecule has 104 valence electrons. The van der Waals surface area contributed by atoms with E-state index in [-0.39, 0.29) is 24.5 Å². The Bertz CT molecular complexity index is 321. The summed E-state index contributed by atoms with van der Waals surface area (Å²) in [7, 11) is 0. The molecule has 0 bridgehead atoms. The molecular weight excluding hydrogens is 234 g/mol. The van der Waals surface area contributed by atoms with E-state index < -0.39 is 11.6 Å². The van der Waals surface area contributed by atoms with Gasteiger partial charge in [-0.15, -0.1) is 0 Å². The molecule has 5 nitrogen and oxygen atoms in total. The third kappa shape index (κ3) is 4.55. The van der Waals surface area contributed by atoms with Crippen LogP contribution in [-0.2, 0) is 9.53 Å². The summed E-state index contributed by atoms with van der Waals surface area (Å²) in [4.78, 5) is 24.3. The lowest BCUT2D eigenvalue weighted by molar-refractivity contribution is -0.138. The first-order valence-corrected chi connectivity index (χ1v) is 6.40. The van der Waals surface area contributed by atoms with Crippen molar-refractivity contribution < 1.29 is 19.4 Å². The van der Waals surface area contributed by atoms with E-state index in [1.54, 1.807) is 4.90 Å². The smallest absolute Gasteiger partial charge is 0.410 e. The number of carbonyl (C=O) groups is 2. The minimum atomic E-state index is -0.766. The fourth-order valence-electron chi connectivity index (χ4n) is 2.29. The van der Waals surface area contributed by atoms with Gasteiger partial charge in [0.1, 0.15) is 5.60 Å². The molecular formula is C13H23NO4. The van der Waals surface area contributed by atoms with Crippen LogP contribution in [0, 0.1) is 5.92 Å². The Hall–Kier alpha value is -1.26. The van der Waals surface area contributed by atoms with Crippen molar-refractivity contribution >= 4 is 12.1 Å². The summed E-state index contributed by atoms with van der Waals surface area (Å²) >= 11 is 0. The maximum Gasteiger partial charge on any atom is 0.410 e. The molecule has 0 aromatic heterocycles. The van der Waals surface area contributed by atoms with Gasteiger partial charge in [0.15, 0.2) is 0 Å². The second-order valence-electron chi connectivity index (χ2n) is 6.01. The van der Waals surface area contributed by atoms with E-state index in [4.69, 9.17) is 9.84 Å². The number of aliphatic carboxylic acids is 1. The standard InChI is InChI=1S/C13H23NO4/c1-9-7-10(8-11(15)16)5-6-14(9)12(17)18-13(2,3)4/h9-10H,5-8H2,1-4H3,(H,15,16)/t9-,10?/m0/s1. The van der Waals surface area contributed by atoms with Gasteiger partial charge in [0.25, 0.3) is 0 Å². The van der Waals surface area contributed by atoms with Crippen molar-refractivity contribution in [1.82, 2.24) is 4.90 Å². The zero-order chi connectivity index (χ0) is 13.9. The van der Waals surface area contributed by atoms with E-state index in [1.165, 1.54) is 0 Å². The van der Waals surface area contributed by atoms with Crippen LogP contribution in [0.15, 0.2) is 0 Å². The van der Waals surface area contributed by atoms with Crippen molar-refractivity contribution in [1.29, 1.82) is 0 Å². The molecule has 0 aliphatic carbocycles. The summed E-state index contributed by atoms with van der Waals surface area (Å²) in [5.41, 5.74) is -0.491. The number of piperidine rings is 1. The van der Waals surface area contributed by atoms with Crippen LogP contribution in [0.4, 0.5) is 4.79 Å². The highest BCUT2D eigenvalue weighted by Gasteiger charge is 2.32. The topological polar surface area (TPSA) is 66.8 Å². The molecule has 1 fully saturated rings. The lowest BCUT2D eigenvalue weighted by Gasteiger charge is -2.38. The van der Waals surface area contributed by atoms with Crippen molar-refractivity contribution in [2.24, 2.45) is 5.92 Å². The van der Waals surface area contributed by atoms with Crippen molar-refractivity contribution in [2.75, 3.05) is 6.54 Å². The quantitative estimate of drug-likeness (QED) is 0.825. The molecule has 5 heteroatoms. The molecule has 1 amide bonds. The number of likely N-dealkylation sites (tertiary alicyclic amines) is 1. The zero-order valence-corrected chi connectivity index (χ0v) is 11.6. The van der Waals surface area contributed by atoms with Crippen LogP contribution in [0.2, 0.25) is 0 Å². The molecule has 0 spiro atoms. The van der Waals surface area contributed by atoms with Gasteiger partial charge in [-0.2, -0.15) is 0 Å². The summed E-state index contributed by atoms with van der Waals surface area (Å²) in [6.07, 6.45) is 1.34. The van der Waals surface area contributed by atoms with Crippen LogP contribution in [0.25, 0.3) is 0 Å². The largest absolute Gasteiger partial charge is 0.481 e. The van der Waals surface area contributed by atoms with Crippen LogP contribution in [0.5, 0.6) is 0 Å². The summed E-state index contributed by atoms with van der Waals surface area (Å²) in [6.45, 7) is 8.04. The summed E-state index contributed by atoms with van der Waals surface area (Å²) < 4.78 is 5.33. The number of hydrogen-bond acceptors (Lipinski definition) is 3. The van der Waals surface area contributed by atoms with E-state index in [0.29, 0.717) is 6.54 Å². The van der Waals surface area contributed by atoms with Gasteiger partial charge >= 0.3 is 12.1 Å². The number of nitrogens with zero attached hydrogens (tertiary/aromatic N) is 1.